The van der Waals surface area contributed by atoms with Crippen LogP contribution in [0.25, 0.3) is 0 Å². The van der Waals surface area contributed by atoms with Crippen molar-refractivity contribution in [2.75, 3.05) is 18.5 Å². The van der Waals surface area contributed by atoms with Crippen LogP contribution in [0.2, 0.25) is 4.34 Å². The molecule has 1 aromatic rings. The Bertz CT molecular complexity index is 464. The molecular formula is C12H14ClNO4S. The molecule has 1 aromatic heterocycles. The first-order valence-electron chi connectivity index (χ1n) is 5.64. The molecule has 19 heavy (non-hydrogen) atoms. The lowest BCUT2D eigenvalue weighted by molar-refractivity contribution is -0.146. The summed E-state index contributed by atoms with van der Waals surface area (Å²) >= 11 is 7.06. The summed E-state index contributed by atoms with van der Waals surface area (Å²) < 4.78 is 10.2. The third kappa shape index (κ3) is 4.92. The number of hydrogen-bond acceptors (Lipinski definition) is 6. The lowest BCUT2D eigenvalue weighted by Crippen LogP contribution is -2.19. The Labute approximate surface area is 120 Å². The van der Waals surface area contributed by atoms with E-state index in [-0.39, 0.29) is 18.8 Å². The van der Waals surface area contributed by atoms with E-state index in [9.17, 15) is 9.59 Å². The second-order valence-corrected chi connectivity index (χ2v) is 4.96. The number of anilines is 1. The van der Waals surface area contributed by atoms with Crippen LogP contribution in [0.5, 0.6) is 0 Å². The second kappa shape index (κ2) is 7.81. The van der Waals surface area contributed by atoms with Crippen molar-refractivity contribution in [1.29, 1.82) is 0 Å². The Balaban J connectivity index is 2.82. The van der Waals surface area contributed by atoms with E-state index in [0.29, 0.717) is 9.34 Å². The summed E-state index contributed by atoms with van der Waals surface area (Å²) in [5.41, 5.74) is -0.187. The fourth-order valence-electron chi connectivity index (χ4n) is 1.15. The highest BCUT2D eigenvalue weighted by Gasteiger charge is 2.20. The molecule has 104 valence electrons. The van der Waals surface area contributed by atoms with Gasteiger partial charge in [0.2, 0.25) is 0 Å². The number of rotatable bonds is 6. The van der Waals surface area contributed by atoms with Gasteiger partial charge in [0.15, 0.2) is 5.57 Å². The summed E-state index contributed by atoms with van der Waals surface area (Å²) in [7, 11) is 0. The van der Waals surface area contributed by atoms with Gasteiger partial charge in [-0.1, -0.05) is 11.6 Å². The summed E-state index contributed by atoms with van der Waals surface area (Å²) in [6, 6.07) is 3.44. The quantitative estimate of drug-likeness (QED) is 0.379. The fraction of sp³-hybridized carbons (Fsp3) is 0.333. The van der Waals surface area contributed by atoms with Crippen LogP contribution in [0.15, 0.2) is 23.9 Å². The first kappa shape index (κ1) is 15.5. The van der Waals surface area contributed by atoms with Crippen LogP contribution in [0.1, 0.15) is 13.8 Å². The minimum atomic E-state index is -0.726. The van der Waals surface area contributed by atoms with Crippen molar-refractivity contribution in [3.8, 4) is 0 Å². The van der Waals surface area contributed by atoms with Gasteiger partial charge in [-0.3, -0.25) is 0 Å². The fourth-order valence-corrected chi connectivity index (χ4v) is 2.07. The minimum absolute atomic E-state index is 0.181. The predicted molar refractivity (Wildman–Crippen MR) is 74.3 cm³/mol. The number of carbonyl (C=O) groups is 2. The van der Waals surface area contributed by atoms with E-state index in [1.165, 1.54) is 17.5 Å². The number of halogens is 1. The molecule has 0 aliphatic carbocycles. The molecule has 0 fully saturated rings. The number of hydrogen-bond donors (Lipinski definition) is 1. The third-order valence-corrected chi connectivity index (χ3v) is 3.09. The van der Waals surface area contributed by atoms with Crippen molar-refractivity contribution in [2.24, 2.45) is 0 Å². The zero-order valence-electron chi connectivity index (χ0n) is 10.6. The largest absolute Gasteiger partial charge is 0.462 e. The molecule has 1 rings (SSSR count). The van der Waals surface area contributed by atoms with Crippen molar-refractivity contribution < 1.29 is 19.1 Å². The second-order valence-electron chi connectivity index (χ2n) is 3.25. The van der Waals surface area contributed by atoms with Crippen LogP contribution in [0.4, 0.5) is 5.00 Å². The van der Waals surface area contributed by atoms with Crippen molar-refractivity contribution in [1.82, 2.24) is 0 Å². The molecule has 7 heteroatoms. The Hall–Kier alpha value is -1.53. The monoisotopic (exact) mass is 303 g/mol. The van der Waals surface area contributed by atoms with Crippen LogP contribution in [0.3, 0.4) is 0 Å². The standard InChI is InChI=1S/C12H14ClNO4S/c1-3-17-11(15)8(12(16)18-4-2)7-14-10-6-5-9(13)19-10/h5-7,14H,3-4H2,1-2H3. The van der Waals surface area contributed by atoms with Crippen LogP contribution in [0, 0.1) is 0 Å². The molecule has 0 saturated heterocycles. The molecule has 0 unspecified atom stereocenters. The molecule has 0 aliphatic rings. The highest BCUT2D eigenvalue weighted by atomic mass is 35.5. The summed E-state index contributed by atoms with van der Waals surface area (Å²) in [6.45, 7) is 3.68. The molecule has 0 aliphatic heterocycles. The van der Waals surface area contributed by atoms with Crippen molar-refractivity contribution in [3.05, 3.63) is 28.2 Å². The Morgan fingerprint density at radius 1 is 1.26 bits per heavy atom. The average Bonchev–Trinajstić information content (AvgIpc) is 2.76. The molecule has 0 saturated carbocycles. The number of thiophene rings is 1. The summed E-state index contributed by atoms with van der Waals surface area (Å²) in [5.74, 6) is -1.45. The van der Waals surface area contributed by atoms with Gasteiger partial charge in [-0.15, -0.1) is 11.3 Å². The van der Waals surface area contributed by atoms with Gasteiger partial charge >= 0.3 is 11.9 Å². The van der Waals surface area contributed by atoms with Crippen LogP contribution < -0.4 is 5.32 Å². The highest BCUT2D eigenvalue weighted by molar-refractivity contribution is 7.19. The van der Waals surface area contributed by atoms with Gasteiger partial charge in [0.05, 0.1) is 22.6 Å². The Morgan fingerprint density at radius 3 is 2.26 bits per heavy atom. The van der Waals surface area contributed by atoms with Crippen LogP contribution in [-0.2, 0) is 19.1 Å². The van der Waals surface area contributed by atoms with Crippen molar-refractivity contribution in [3.63, 3.8) is 0 Å². The molecule has 1 heterocycles. The van der Waals surface area contributed by atoms with E-state index >= 15 is 0 Å². The normalized spacial score (nSPS) is 9.63. The van der Waals surface area contributed by atoms with Crippen molar-refractivity contribution >= 4 is 39.9 Å². The number of ether oxygens (including phenoxy) is 2. The molecule has 0 spiro atoms. The van der Waals surface area contributed by atoms with E-state index in [1.54, 1.807) is 26.0 Å². The van der Waals surface area contributed by atoms with Gasteiger partial charge in [-0.05, 0) is 26.0 Å². The molecule has 1 N–H and O–H groups in total. The van der Waals surface area contributed by atoms with E-state index in [1.807, 2.05) is 0 Å². The smallest absolute Gasteiger partial charge is 0.347 e. The SMILES string of the molecule is CCOC(=O)C(=CNc1ccc(Cl)s1)C(=O)OCC. The molecule has 0 atom stereocenters. The third-order valence-electron chi connectivity index (χ3n) is 1.92. The Kier molecular flexibility index (Phi) is 6.38. The maximum atomic E-state index is 11.6. The zero-order chi connectivity index (χ0) is 14.3. The van der Waals surface area contributed by atoms with Gasteiger partial charge in [0.25, 0.3) is 0 Å². The van der Waals surface area contributed by atoms with Crippen molar-refractivity contribution in [2.45, 2.75) is 13.8 Å². The highest BCUT2D eigenvalue weighted by Crippen LogP contribution is 2.26. The minimum Gasteiger partial charge on any atom is -0.462 e. The van der Waals surface area contributed by atoms with Gasteiger partial charge in [0.1, 0.15) is 0 Å². The topological polar surface area (TPSA) is 64.6 Å². The molecular weight excluding hydrogens is 290 g/mol. The van der Waals surface area contributed by atoms with E-state index in [0.717, 1.165) is 0 Å². The van der Waals surface area contributed by atoms with E-state index < -0.39 is 11.9 Å². The van der Waals surface area contributed by atoms with E-state index in [2.05, 4.69) is 5.32 Å². The van der Waals surface area contributed by atoms with Crippen LogP contribution in [-0.4, -0.2) is 25.2 Å². The van der Waals surface area contributed by atoms with Gasteiger partial charge in [0, 0.05) is 6.20 Å². The number of esters is 2. The van der Waals surface area contributed by atoms with E-state index in [4.69, 9.17) is 21.1 Å². The Morgan fingerprint density at radius 2 is 1.84 bits per heavy atom. The molecule has 0 bridgehead atoms. The first-order valence-corrected chi connectivity index (χ1v) is 6.84. The number of nitrogens with one attached hydrogen (secondary N) is 1. The lowest BCUT2D eigenvalue weighted by atomic mass is 10.3. The molecule has 0 aromatic carbocycles. The molecule has 0 amide bonds. The summed E-state index contributed by atoms with van der Waals surface area (Å²) in [5, 5.41) is 3.52. The van der Waals surface area contributed by atoms with Crippen LogP contribution >= 0.6 is 22.9 Å². The molecule has 0 radical (unpaired) electrons. The summed E-state index contributed by atoms with van der Waals surface area (Å²) in [4.78, 5) is 23.3. The molecule has 5 nitrogen and oxygen atoms in total. The zero-order valence-corrected chi connectivity index (χ0v) is 12.1. The van der Waals surface area contributed by atoms with Gasteiger partial charge in [-0.2, -0.15) is 0 Å². The van der Waals surface area contributed by atoms with Gasteiger partial charge < -0.3 is 14.8 Å². The lowest BCUT2D eigenvalue weighted by Gasteiger charge is -2.06. The average molecular weight is 304 g/mol. The summed E-state index contributed by atoms with van der Waals surface area (Å²) in [6.07, 6.45) is 1.26. The predicted octanol–water partition coefficient (Wildman–Crippen LogP) is 2.82. The maximum absolute atomic E-state index is 11.6. The maximum Gasteiger partial charge on any atom is 0.347 e. The van der Waals surface area contributed by atoms with Gasteiger partial charge in [-0.25, -0.2) is 9.59 Å². The first-order chi connectivity index (χ1) is 9.08. The number of carbonyl (C=O) groups excluding carboxylic acids is 2.